The Hall–Kier alpha value is -1.33. The molecule has 0 heterocycles. The number of aliphatic hydroxyl groups excluding tert-OH is 1. The first-order valence-corrected chi connectivity index (χ1v) is 7.55. The molecule has 0 saturated heterocycles. The van der Waals surface area contributed by atoms with Gasteiger partial charge in [0, 0.05) is 0 Å². The zero-order chi connectivity index (χ0) is 14.9. The van der Waals surface area contributed by atoms with Crippen molar-refractivity contribution in [1.29, 1.82) is 5.26 Å². The van der Waals surface area contributed by atoms with Crippen LogP contribution in [0.3, 0.4) is 0 Å². The van der Waals surface area contributed by atoms with Crippen LogP contribution in [0.5, 0.6) is 0 Å². The summed E-state index contributed by atoms with van der Waals surface area (Å²) in [5, 5.41) is 19.9. The van der Waals surface area contributed by atoms with Gasteiger partial charge in [0.05, 0.1) is 17.7 Å². The van der Waals surface area contributed by atoms with Gasteiger partial charge in [-0.3, -0.25) is 0 Å². The maximum absolute atomic E-state index is 10.9. The normalized spacial score (nSPS) is 26.8. The molecule has 1 unspecified atom stereocenters. The molecular formula is C18H25NO. The Balaban J connectivity index is 2.32. The van der Waals surface area contributed by atoms with Gasteiger partial charge in [-0.05, 0) is 47.8 Å². The van der Waals surface area contributed by atoms with Crippen LogP contribution < -0.4 is 0 Å². The summed E-state index contributed by atoms with van der Waals surface area (Å²) in [6, 6.07) is 7.90. The number of aliphatic hydroxyl groups is 1. The molecule has 1 saturated carbocycles. The number of benzene rings is 1. The quantitative estimate of drug-likeness (QED) is 0.868. The van der Waals surface area contributed by atoms with E-state index in [1.165, 1.54) is 19.3 Å². The third kappa shape index (κ3) is 2.74. The lowest BCUT2D eigenvalue weighted by atomic mass is 9.61. The maximum Gasteiger partial charge on any atom is 0.0994 e. The van der Waals surface area contributed by atoms with Gasteiger partial charge in [-0.1, -0.05) is 45.7 Å². The summed E-state index contributed by atoms with van der Waals surface area (Å²) in [5.74, 6) is 0.813. The number of hydrogen-bond acceptors (Lipinski definition) is 2. The van der Waals surface area contributed by atoms with Crippen LogP contribution in [0, 0.1) is 35.5 Å². The van der Waals surface area contributed by atoms with Crippen LogP contribution in [0.15, 0.2) is 18.2 Å². The Bertz CT molecular complexity index is 527. The highest BCUT2D eigenvalue weighted by atomic mass is 16.3. The molecule has 1 aromatic rings. The molecule has 1 N–H and O–H groups in total. The van der Waals surface area contributed by atoms with Gasteiger partial charge in [0.2, 0.25) is 0 Å². The summed E-state index contributed by atoms with van der Waals surface area (Å²) in [6.45, 7) is 8.73. The molecule has 2 heteroatoms. The highest BCUT2D eigenvalue weighted by molar-refractivity contribution is 5.40. The third-order valence-electron chi connectivity index (χ3n) is 5.05. The summed E-state index contributed by atoms with van der Waals surface area (Å²) in [4.78, 5) is 0. The van der Waals surface area contributed by atoms with E-state index in [-0.39, 0.29) is 11.3 Å². The molecule has 20 heavy (non-hydrogen) atoms. The molecule has 2 nitrogen and oxygen atoms in total. The second-order valence-corrected chi connectivity index (χ2v) is 7.01. The Kier molecular flexibility index (Phi) is 4.20. The van der Waals surface area contributed by atoms with Crippen molar-refractivity contribution in [3.8, 4) is 6.07 Å². The van der Waals surface area contributed by atoms with Crippen molar-refractivity contribution in [2.45, 2.75) is 53.1 Å². The van der Waals surface area contributed by atoms with Crippen molar-refractivity contribution in [1.82, 2.24) is 0 Å². The minimum absolute atomic E-state index is 0.166. The van der Waals surface area contributed by atoms with Crippen molar-refractivity contribution in [3.63, 3.8) is 0 Å². The molecule has 0 aromatic heterocycles. The zero-order valence-electron chi connectivity index (χ0n) is 13.0. The highest BCUT2D eigenvalue weighted by Gasteiger charge is 2.41. The van der Waals surface area contributed by atoms with E-state index in [9.17, 15) is 5.11 Å². The molecule has 0 amide bonds. The van der Waals surface area contributed by atoms with Gasteiger partial charge in [-0.25, -0.2) is 0 Å². The first-order chi connectivity index (χ1) is 9.36. The molecule has 108 valence electrons. The smallest absolute Gasteiger partial charge is 0.0994 e. The summed E-state index contributed by atoms with van der Waals surface area (Å²) < 4.78 is 0. The zero-order valence-corrected chi connectivity index (χ0v) is 13.0. The van der Waals surface area contributed by atoms with Crippen LogP contribution in [0.4, 0.5) is 0 Å². The van der Waals surface area contributed by atoms with Crippen molar-refractivity contribution in [2.24, 2.45) is 17.3 Å². The molecule has 2 rings (SSSR count). The predicted molar refractivity (Wildman–Crippen MR) is 81.1 cm³/mol. The second kappa shape index (κ2) is 5.58. The van der Waals surface area contributed by atoms with Crippen LogP contribution in [0.2, 0.25) is 0 Å². The van der Waals surface area contributed by atoms with Gasteiger partial charge < -0.3 is 5.11 Å². The van der Waals surface area contributed by atoms with E-state index in [1.54, 1.807) is 0 Å². The summed E-state index contributed by atoms with van der Waals surface area (Å²) in [7, 11) is 0. The highest BCUT2D eigenvalue weighted by Crippen LogP contribution is 2.49. The maximum atomic E-state index is 10.9. The lowest BCUT2D eigenvalue weighted by Gasteiger charge is -2.45. The van der Waals surface area contributed by atoms with Crippen molar-refractivity contribution in [3.05, 3.63) is 34.9 Å². The fourth-order valence-corrected chi connectivity index (χ4v) is 3.94. The summed E-state index contributed by atoms with van der Waals surface area (Å²) in [5.41, 5.74) is 2.76. The minimum atomic E-state index is -0.438. The van der Waals surface area contributed by atoms with E-state index in [0.29, 0.717) is 11.5 Å². The molecule has 0 aliphatic heterocycles. The topological polar surface area (TPSA) is 44.0 Å². The van der Waals surface area contributed by atoms with Gasteiger partial charge in [-0.15, -0.1) is 0 Å². The largest absolute Gasteiger partial charge is 0.388 e. The van der Waals surface area contributed by atoms with E-state index in [4.69, 9.17) is 5.26 Å². The van der Waals surface area contributed by atoms with Crippen molar-refractivity contribution < 1.29 is 5.11 Å². The fraction of sp³-hybridized carbons (Fsp3) is 0.611. The van der Waals surface area contributed by atoms with Crippen LogP contribution in [0.25, 0.3) is 0 Å². The Morgan fingerprint density at radius 3 is 2.65 bits per heavy atom. The van der Waals surface area contributed by atoms with Crippen LogP contribution in [-0.4, -0.2) is 5.11 Å². The van der Waals surface area contributed by atoms with Gasteiger partial charge in [0.25, 0.3) is 0 Å². The molecule has 3 atom stereocenters. The first-order valence-electron chi connectivity index (χ1n) is 7.55. The van der Waals surface area contributed by atoms with Crippen molar-refractivity contribution in [2.75, 3.05) is 0 Å². The van der Waals surface area contributed by atoms with Gasteiger partial charge >= 0.3 is 0 Å². The Labute approximate surface area is 122 Å². The van der Waals surface area contributed by atoms with E-state index in [2.05, 4.69) is 26.8 Å². The fourth-order valence-electron chi connectivity index (χ4n) is 3.94. The van der Waals surface area contributed by atoms with E-state index in [1.807, 2.05) is 25.1 Å². The molecule has 0 radical (unpaired) electrons. The van der Waals surface area contributed by atoms with E-state index >= 15 is 0 Å². The van der Waals surface area contributed by atoms with Crippen molar-refractivity contribution >= 4 is 0 Å². The molecule has 0 spiro atoms. The lowest BCUT2D eigenvalue weighted by Crippen LogP contribution is -2.37. The molecule has 1 aromatic carbocycles. The van der Waals surface area contributed by atoms with Gasteiger partial charge in [0.1, 0.15) is 0 Å². The molecule has 1 aliphatic carbocycles. The molecule has 0 bridgehead atoms. The Morgan fingerprint density at radius 2 is 2.10 bits per heavy atom. The SMILES string of the molecule is Cc1cc(C(O)[C@H]2[C@@H](C)CCCC2(C)C)ccc1C#N. The van der Waals surface area contributed by atoms with E-state index < -0.39 is 6.10 Å². The van der Waals surface area contributed by atoms with Gasteiger partial charge in [-0.2, -0.15) is 5.26 Å². The Morgan fingerprint density at radius 1 is 1.40 bits per heavy atom. The molecule has 1 aliphatic rings. The minimum Gasteiger partial charge on any atom is -0.388 e. The predicted octanol–water partition coefficient (Wildman–Crippen LogP) is 4.36. The average Bonchev–Trinajstić information content (AvgIpc) is 2.37. The van der Waals surface area contributed by atoms with Gasteiger partial charge in [0.15, 0.2) is 0 Å². The standard InChI is InChI=1S/C18H25NO/c1-12-6-5-9-18(3,4)16(12)17(20)14-7-8-15(11-19)13(2)10-14/h7-8,10,12,16-17,20H,5-6,9H2,1-4H3/t12-,16+,17?/m0/s1. The second-order valence-electron chi connectivity index (χ2n) is 7.01. The monoisotopic (exact) mass is 271 g/mol. The molecule has 1 fully saturated rings. The van der Waals surface area contributed by atoms with Crippen LogP contribution >= 0.6 is 0 Å². The van der Waals surface area contributed by atoms with Crippen LogP contribution in [-0.2, 0) is 0 Å². The third-order valence-corrected chi connectivity index (χ3v) is 5.05. The molecular weight excluding hydrogens is 246 g/mol. The number of nitrogens with zero attached hydrogens (tertiary/aromatic N) is 1. The number of nitriles is 1. The number of aryl methyl sites for hydroxylation is 1. The first kappa shape index (κ1) is 15.1. The summed E-state index contributed by atoms with van der Waals surface area (Å²) in [6.07, 6.45) is 3.19. The van der Waals surface area contributed by atoms with E-state index in [0.717, 1.165) is 11.1 Å². The lowest BCUT2D eigenvalue weighted by molar-refractivity contribution is -0.0293. The average molecular weight is 271 g/mol. The number of hydrogen-bond donors (Lipinski definition) is 1. The van der Waals surface area contributed by atoms with Crippen LogP contribution in [0.1, 0.15) is 62.8 Å². The summed E-state index contributed by atoms with van der Waals surface area (Å²) >= 11 is 0. The number of rotatable bonds is 2.